The molecule has 5 nitrogen and oxygen atoms in total. The number of imide groups is 1. The van der Waals surface area contributed by atoms with Gasteiger partial charge in [-0.2, -0.15) is 0 Å². The van der Waals surface area contributed by atoms with Gasteiger partial charge in [-0.25, -0.2) is 9.29 Å². The van der Waals surface area contributed by atoms with E-state index in [0.717, 1.165) is 17.3 Å². The highest BCUT2D eigenvalue weighted by Crippen LogP contribution is 2.30. The molecule has 0 aliphatic carbocycles. The minimum atomic E-state index is -0.581. The normalized spacial score (nSPS) is 16.8. The number of hydrogen-bond acceptors (Lipinski definition) is 4. The molecule has 0 unspecified atom stereocenters. The highest BCUT2D eigenvalue weighted by atomic mass is 32.2. The van der Waals surface area contributed by atoms with Crippen LogP contribution in [0.5, 0.6) is 0 Å². The maximum Gasteiger partial charge on any atom is 0.247 e. The first-order valence-electron chi connectivity index (χ1n) is 8.04. The van der Waals surface area contributed by atoms with Crippen molar-refractivity contribution in [2.45, 2.75) is 18.6 Å². The smallest absolute Gasteiger partial charge is 0.247 e. The maximum absolute atomic E-state index is 12.9. The van der Waals surface area contributed by atoms with Gasteiger partial charge >= 0.3 is 0 Å². The molecular formula is C19H17FN2O3S. The number of nitrogens with one attached hydrogen (secondary N) is 1. The number of thioether (sulfide) groups is 1. The molecule has 0 bridgehead atoms. The van der Waals surface area contributed by atoms with Gasteiger partial charge in [0.25, 0.3) is 0 Å². The van der Waals surface area contributed by atoms with E-state index < -0.39 is 5.25 Å². The largest absolute Gasteiger partial charge is 0.325 e. The highest BCUT2D eigenvalue weighted by molar-refractivity contribution is 8.01. The Morgan fingerprint density at radius 1 is 1.23 bits per heavy atom. The summed E-state index contributed by atoms with van der Waals surface area (Å²) in [5, 5.41) is 2.05. The predicted octanol–water partition coefficient (Wildman–Crippen LogP) is 3.14. The van der Waals surface area contributed by atoms with Crippen LogP contribution < -0.4 is 10.2 Å². The molecule has 0 aromatic heterocycles. The molecule has 26 heavy (non-hydrogen) atoms. The number of halogens is 1. The monoisotopic (exact) mass is 372 g/mol. The quantitative estimate of drug-likeness (QED) is 0.819. The molecule has 1 saturated heterocycles. The van der Waals surface area contributed by atoms with Crippen LogP contribution in [0.4, 0.5) is 15.8 Å². The molecule has 134 valence electrons. The van der Waals surface area contributed by atoms with Crippen molar-refractivity contribution in [2.75, 3.05) is 16.0 Å². The van der Waals surface area contributed by atoms with E-state index in [1.807, 2.05) is 13.0 Å². The van der Waals surface area contributed by atoms with Crippen molar-refractivity contribution in [2.24, 2.45) is 0 Å². The average Bonchev–Trinajstić information content (AvgIpc) is 2.89. The van der Waals surface area contributed by atoms with Crippen molar-refractivity contribution < 1.29 is 18.8 Å². The van der Waals surface area contributed by atoms with Crippen LogP contribution in [0.15, 0.2) is 48.5 Å². The van der Waals surface area contributed by atoms with Gasteiger partial charge in [0, 0.05) is 12.1 Å². The fourth-order valence-electron chi connectivity index (χ4n) is 2.68. The first kappa shape index (κ1) is 18.1. The Morgan fingerprint density at radius 2 is 1.96 bits per heavy atom. The van der Waals surface area contributed by atoms with Gasteiger partial charge < -0.3 is 5.32 Å². The second-order valence-corrected chi connectivity index (χ2v) is 7.16. The van der Waals surface area contributed by atoms with E-state index in [1.165, 1.54) is 29.2 Å². The fourth-order valence-corrected chi connectivity index (χ4v) is 3.61. The molecule has 0 radical (unpaired) electrons. The fraction of sp³-hybridized carbons (Fsp3) is 0.211. The number of rotatable bonds is 5. The molecular weight excluding hydrogens is 355 g/mol. The van der Waals surface area contributed by atoms with Crippen molar-refractivity contribution in [1.29, 1.82) is 0 Å². The van der Waals surface area contributed by atoms with Crippen LogP contribution >= 0.6 is 11.8 Å². The van der Waals surface area contributed by atoms with Crippen LogP contribution in [0.2, 0.25) is 0 Å². The van der Waals surface area contributed by atoms with Crippen LogP contribution in [-0.2, 0) is 14.4 Å². The first-order chi connectivity index (χ1) is 12.4. The van der Waals surface area contributed by atoms with E-state index in [0.29, 0.717) is 11.4 Å². The van der Waals surface area contributed by atoms with E-state index >= 15 is 0 Å². The van der Waals surface area contributed by atoms with Crippen LogP contribution in [0.3, 0.4) is 0 Å². The Kier molecular flexibility index (Phi) is 5.37. The Labute approximate surface area is 154 Å². The summed E-state index contributed by atoms with van der Waals surface area (Å²) in [7, 11) is 0. The Balaban J connectivity index is 1.59. The summed E-state index contributed by atoms with van der Waals surface area (Å²) in [5.41, 5.74) is 1.99. The molecule has 1 fully saturated rings. The van der Waals surface area contributed by atoms with Gasteiger partial charge in [-0.15, -0.1) is 11.8 Å². The summed E-state index contributed by atoms with van der Waals surface area (Å²) in [4.78, 5) is 38.0. The molecule has 1 N–H and O–H groups in total. The lowest BCUT2D eigenvalue weighted by Crippen LogP contribution is -2.31. The molecule has 7 heteroatoms. The van der Waals surface area contributed by atoms with Crippen LogP contribution in [0.1, 0.15) is 12.0 Å². The zero-order valence-corrected chi connectivity index (χ0v) is 14.9. The van der Waals surface area contributed by atoms with Gasteiger partial charge in [0.2, 0.25) is 17.7 Å². The molecule has 1 aliphatic heterocycles. The zero-order valence-electron chi connectivity index (χ0n) is 14.1. The lowest BCUT2D eigenvalue weighted by molar-refractivity contribution is -0.121. The molecule has 0 saturated carbocycles. The number of anilines is 2. The van der Waals surface area contributed by atoms with Gasteiger partial charge in [0.15, 0.2) is 0 Å². The van der Waals surface area contributed by atoms with Crippen molar-refractivity contribution >= 4 is 40.9 Å². The highest BCUT2D eigenvalue weighted by Gasteiger charge is 2.40. The van der Waals surface area contributed by atoms with Gasteiger partial charge in [-0.1, -0.05) is 12.1 Å². The number of hydrogen-bond donors (Lipinski definition) is 1. The number of aryl methyl sites for hydroxylation is 1. The first-order valence-corrected chi connectivity index (χ1v) is 9.09. The number of carbonyl (C=O) groups is 3. The second-order valence-electron chi connectivity index (χ2n) is 5.97. The van der Waals surface area contributed by atoms with E-state index in [2.05, 4.69) is 5.32 Å². The van der Waals surface area contributed by atoms with Crippen molar-refractivity contribution in [3.05, 3.63) is 59.9 Å². The van der Waals surface area contributed by atoms with Crippen LogP contribution in [0.25, 0.3) is 0 Å². The van der Waals surface area contributed by atoms with Crippen molar-refractivity contribution in [3.8, 4) is 0 Å². The average molecular weight is 372 g/mol. The minimum Gasteiger partial charge on any atom is -0.325 e. The molecule has 0 spiro atoms. The standard InChI is InChI=1S/C19H17FN2O3S/c1-12-3-2-4-15(9-12)22-18(24)10-16(19(22)25)26-11-17(23)21-14-7-5-13(20)6-8-14/h2-9,16H,10-11H2,1H3,(H,21,23)/t16-/m1/s1. The van der Waals surface area contributed by atoms with Crippen molar-refractivity contribution in [1.82, 2.24) is 0 Å². The third-order valence-electron chi connectivity index (χ3n) is 3.91. The van der Waals surface area contributed by atoms with Crippen molar-refractivity contribution in [3.63, 3.8) is 0 Å². The summed E-state index contributed by atoms with van der Waals surface area (Å²) in [6, 6.07) is 12.6. The maximum atomic E-state index is 12.9. The lowest BCUT2D eigenvalue weighted by atomic mass is 10.2. The third kappa shape index (κ3) is 4.11. The summed E-state index contributed by atoms with van der Waals surface area (Å²) < 4.78 is 12.9. The van der Waals surface area contributed by atoms with E-state index in [9.17, 15) is 18.8 Å². The summed E-state index contributed by atoms with van der Waals surface area (Å²) in [5.74, 6) is -1.24. The summed E-state index contributed by atoms with van der Waals surface area (Å²) >= 11 is 1.13. The summed E-state index contributed by atoms with van der Waals surface area (Å²) in [6.07, 6.45) is 0.0707. The molecule has 1 aliphatic rings. The van der Waals surface area contributed by atoms with Crippen LogP contribution in [-0.4, -0.2) is 28.7 Å². The number of nitrogens with zero attached hydrogens (tertiary/aromatic N) is 1. The van der Waals surface area contributed by atoms with Gasteiger partial charge in [0.1, 0.15) is 5.82 Å². The van der Waals surface area contributed by atoms with Gasteiger partial charge in [0.05, 0.1) is 16.7 Å². The molecule has 2 aromatic carbocycles. The van der Waals surface area contributed by atoms with Gasteiger partial charge in [-0.3, -0.25) is 14.4 Å². The van der Waals surface area contributed by atoms with E-state index in [4.69, 9.17) is 0 Å². The number of carbonyl (C=O) groups excluding carboxylic acids is 3. The lowest BCUT2D eigenvalue weighted by Gasteiger charge is -2.15. The molecule has 3 rings (SSSR count). The van der Waals surface area contributed by atoms with E-state index in [-0.39, 0.29) is 35.7 Å². The van der Waals surface area contributed by atoms with E-state index in [1.54, 1.807) is 18.2 Å². The molecule has 1 heterocycles. The van der Waals surface area contributed by atoms with Crippen LogP contribution in [0, 0.1) is 12.7 Å². The van der Waals surface area contributed by atoms with Gasteiger partial charge in [-0.05, 0) is 48.9 Å². The third-order valence-corrected chi connectivity index (χ3v) is 5.11. The SMILES string of the molecule is Cc1cccc(N2C(=O)C[C@@H](SCC(=O)Nc3ccc(F)cc3)C2=O)c1. The molecule has 2 aromatic rings. The Hall–Kier alpha value is -2.67. The topological polar surface area (TPSA) is 66.5 Å². The zero-order chi connectivity index (χ0) is 18.7. The Morgan fingerprint density at radius 3 is 2.65 bits per heavy atom. The predicted molar refractivity (Wildman–Crippen MR) is 99.6 cm³/mol. The molecule has 1 atom stereocenters. The number of amides is 3. The Bertz CT molecular complexity index is 854. The number of benzene rings is 2. The molecule has 3 amide bonds. The second kappa shape index (κ2) is 7.70. The summed E-state index contributed by atoms with van der Waals surface area (Å²) in [6.45, 7) is 1.89. The minimum absolute atomic E-state index is 0.0305.